The summed E-state index contributed by atoms with van der Waals surface area (Å²) in [4.78, 5) is 15.1. The lowest BCUT2D eigenvalue weighted by Gasteiger charge is -2.21. The molecule has 0 bridgehead atoms. The van der Waals surface area contributed by atoms with E-state index in [-0.39, 0.29) is 24.4 Å². The summed E-state index contributed by atoms with van der Waals surface area (Å²) in [6, 6.07) is 7.87. The molecule has 0 aliphatic carbocycles. The van der Waals surface area contributed by atoms with Crippen molar-refractivity contribution in [3.05, 3.63) is 29.8 Å². The first-order valence-electron chi connectivity index (χ1n) is 6.60. The van der Waals surface area contributed by atoms with E-state index in [2.05, 4.69) is 13.8 Å². The van der Waals surface area contributed by atoms with Crippen molar-refractivity contribution in [2.24, 2.45) is 11.7 Å². The van der Waals surface area contributed by atoms with E-state index in [1.165, 1.54) is 4.90 Å². The predicted molar refractivity (Wildman–Crippen MR) is 89.9 cm³/mol. The number of amides is 1. The Kier molecular flexibility index (Phi) is 8.94. The summed E-state index contributed by atoms with van der Waals surface area (Å²) < 4.78 is 0. The molecule has 3 nitrogen and oxygen atoms in total. The average molecular weight is 317 g/mol. The minimum atomic E-state index is 0. The van der Waals surface area contributed by atoms with E-state index in [1.54, 1.807) is 16.7 Å². The number of carbonyl (C=O) groups excluding carboxylic acids is 1. The van der Waals surface area contributed by atoms with Gasteiger partial charge >= 0.3 is 0 Å². The van der Waals surface area contributed by atoms with Crippen LogP contribution in [0.2, 0.25) is 0 Å². The van der Waals surface area contributed by atoms with E-state index < -0.39 is 0 Å². The molecule has 114 valence electrons. The van der Waals surface area contributed by atoms with Crippen LogP contribution in [0.3, 0.4) is 0 Å². The first kappa shape index (κ1) is 19.3. The maximum absolute atomic E-state index is 12.2. The number of nitrogens with zero attached hydrogens (tertiary/aromatic N) is 1. The quantitative estimate of drug-likeness (QED) is 0.819. The zero-order valence-electron chi connectivity index (χ0n) is 12.6. The molecule has 0 heterocycles. The smallest absolute Gasteiger partial charge is 0.253 e. The molecule has 20 heavy (non-hydrogen) atoms. The van der Waals surface area contributed by atoms with Crippen LogP contribution in [0, 0.1) is 5.92 Å². The first-order valence-corrected chi connectivity index (χ1v) is 7.83. The Labute approximate surface area is 132 Å². The van der Waals surface area contributed by atoms with Crippen LogP contribution in [0.25, 0.3) is 0 Å². The third-order valence-corrected chi connectivity index (χ3v) is 4.08. The lowest BCUT2D eigenvalue weighted by atomic mass is 10.0. The number of thioether (sulfide) groups is 1. The molecule has 0 saturated carbocycles. The molecule has 2 N–H and O–H groups in total. The SMILES string of the molecule is CSc1ccc(C(=O)N(C)CCC(N)C(C)C)cc1.Cl. The predicted octanol–water partition coefficient (Wildman–Crippen LogP) is 3.28. The van der Waals surface area contributed by atoms with E-state index >= 15 is 0 Å². The monoisotopic (exact) mass is 316 g/mol. The van der Waals surface area contributed by atoms with Gasteiger partial charge in [0.25, 0.3) is 5.91 Å². The fourth-order valence-corrected chi connectivity index (χ4v) is 2.14. The molecular formula is C15H25ClN2OS. The van der Waals surface area contributed by atoms with Gasteiger partial charge in [-0.05, 0) is 42.9 Å². The molecule has 1 aromatic carbocycles. The highest BCUT2D eigenvalue weighted by atomic mass is 35.5. The van der Waals surface area contributed by atoms with Gasteiger partial charge in [0, 0.05) is 30.1 Å². The minimum absolute atomic E-state index is 0. The molecule has 1 amide bonds. The van der Waals surface area contributed by atoms with Crippen LogP contribution in [0.15, 0.2) is 29.2 Å². The molecule has 0 aliphatic heterocycles. The summed E-state index contributed by atoms with van der Waals surface area (Å²) in [5, 5.41) is 0. The van der Waals surface area contributed by atoms with Gasteiger partial charge in [-0.2, -0.15) is 0 Å². The highest BCUT2D eigenvalue weighted by Gasteiger charge is 2.14. The van der Waals surface area contributed by atoms with Gasteiger partial charge in [-0.25, -0.2) is 0 Å². The number of halogens is 1. The van der Waals surface area contributed by atoms with Crippen molar-refractivity contribution < 1.29 is 4.79 Å². The van der Waals surface area contributed by atoms with Crippen LogP contribution in [0.4, 0.5) is 0 Å². The van der Waals surface area contributed by atoms with Gasteiger partial charge in [0.05, 0.1) is 0 Å². The molecule has 0 spiro atoms. The number of hydrogen-bond donors (Lipinski definition) is 1. The van der Waals surface area contributed by atoms with Crippen molar-refractivity contribution in [2.75, 3.05) is 19.8 Å². The number of nitrogens with two attached hydrogens (primary N) is 1. The maximum Gasteiger partial charge on any atom is 0.253 e. The Bertz CT molecular complexity index is 409. The molecule has 1 unspecified atom stereocenters. The van der Waals surface area contributed by atoms with E-state index in [9.17, 15) is 4.79 Å². The van der Waals surface area contributed by atoms with Crippen LogP contribution >= 0.6 is 24.2 Å². The zero-order valence-corrected chi connectivity index (χ0v) is 14.3. The summed E-state index contributed by atoms with van der Waals surface area (Å²) in [5.74, 6) is 0.507. The molecule has 0 saturated heterocycles. The Hall–Kier alpha value is -0.710. The van der Waals surface area contributed by atoms with Crippen LogP contribution in [0.5, 0.6) is 0 Å². The molecular weight excluding hydrogens is 292 g/mol. The fraction of sp³-hybridized carbons (Fsp3) is 0.533. The Morgan fingerprint density at radius 1 is 1.30 bits per heavy atom. The van der Waals surface area contributed by atoms with Crippen molar-refractivity contribution >= 4 is 30.1 Å². The highest BCUT2D eigenvalue weighted by molar-refractivity contribution is 7.98. The second-order valence-corrected chi connectivity index (χ2v) is 6.03. The van der Waals surface area contributed by atoms with E-state index in [0.29, 0.717) is 12.5 Å². The summed E-state index contributed by atoms with van der Waals surface area (Å²) >= 11 is 1.67. The van der Waals surface area contributed by atoms with E-state index in [1.807, 2.05) is 37.6 Å². The van der Waals surface area contributed by atoms with Gasteiger partial charge in [0.2, 0.25) is 0 Å². The van der Waals surface area contributed by atoms with E-state index in [4.69, 9.17) is 5.73 Å². The standard InChI is InChI=1S/C15H24N2OS.ClH/c1-11(2)14(16)9-10-17(3)15(18)12-5-7-13(19-4)8-6-12;/h5-8,11,14H,9-10,16H2,1-4H3;1H. The third-order valence-electron chi connectivity index (χ3n) is 3.34. The maximum atomic E-state index is 12.2. The van der Waals surface area contributed by atoms with Gasteiger partial charge in [0.15, 0.2) is 0 Å². The zero-order chi connectivity index (χ0) is 14.4. The summed E-state index contributed by atoms with van der Waals surface area (Å²) in [7, 11) is 1.83. The molecule has 0 radical (unpaired) electrons. The molecule has 0 aromatic heterocycles. The summed E-state index contributed by atoms with van der Waals surface area (Å²) in [6.45, 7) is 4.91. The van der Waals surface area contributed by atoms with Crippen LogP contribution in [-0.4, -0.2) is 36.7 Å². The van der Waals surface area contributed by atoms with Crippen molar-refractivity contribution in [3.63, 3.8) is 0 Å². The third kappa shape index (κ3) is 5.73. The first-order chi connectivity index (χ1) is 8.95. The number of rotatable bonds is 6. The van der Waals surface area contributed by atoms with Crippen LogP contribution < -0.4 is 5.73 Å². The Balaban J connectivity index is 0.00000361. The van der Waals surface area contributed by atoms with Gasteiger partial charge in [0.1, 0.15) is 0 Å². The topological polar surface area (TPSA) is 46.3 Å². The normalized spacial score (nSPS) is 11.9. The van der Waals surface area contributed by atoms with Gasteiger partial charge in [-0.15, -0.1) is 24.2 Å². The molecule has 1 atom stereocenters. The van der Waals surface area contributed by atoms with Gasteiger partial charge in [-0.3, -0.25) is 4.79 Å². The Morgan fingerprint density at radius 3 is 2.30 bits per heavy atom. The number of benzene rings is 1. The Morgan fingerprint density at radius 2 is 1.85 bits per heavy atom. The molecule has 0 fully saturated rings. The molecule has 5 heteroatoms. The summed E-state index contributed by atoms with van der Waals surface area (Å²) in [5.41, 5.74) is 6.74. The van der Waals surface area contributed by atoms with Crippen LogP contribution in [0.1, 0.15) is 30.6 Å². The minimum Gasteiger partial charge on any atom is -0.342 e. The van der Waals surface area contributed by atoms with Crippen LogP contribution in [-0.2, 0) is 0 Å². The highest BCUT2D eigenvalue weighted by Crippen LogP contribution is 2.16. The summed E-state index contributed by atoms with van der Waals surface area (Å²) in [6.07, 6.45) is 2.86. The lowest BCUT2D eigenvalue weighted by Crippen LogP contribution is -2.34. The largest absolute Gasteiger partial charge is 0.342 e. The fourth-order valence-electron chi connectivity index (χ4n) is 1.73. The van der Waals surface area contributed by atoms with Gasteiger partial charge in [-0.1, -0.05) is 13.8 Å². The van der Waals surface area contributed by atoms with Gasteiger partial charge < -0.3 is 10.6 Å². The number of hydrogen-bond acceptors (Lipinski definition) is 3. The van der Waals surface area contributed by atoms with Crippen molar-refractivity contribution in [1.82, 2.24) is 4.90 Å². The second-order valence-electron chi connectivity index (χ2n) is 5.15. The second kappa shape index (κ2) is 9.27. The lowest BCUT2D eigenvalue weighted by molar-refractivity contribution is 0.0789. The van der Waals surface area contributed by atoms with Crippen molar-refractivity contribution in [1.29, 1.82) is 0 Å². The van der Waals surface area contributed by atoms with Crippen molar-refractivity contribution in [2.45, 2.75) is 31.2 Å². The van der Waals surface area contributed by atoms with E-state index in [0.717, 1.165) is 12.0 Å². The molecule has 1 rings (SSSR count). The van der Waals surface area contributed by atoms with Crippen molar-refractivity contribution in [3.8, 4) is 0 Å². The average Bonchev–Trinajstić information content (AvgIpc) is 2.43. The molecule has 1 aromatic rings. The molecule has 0 aliphatic rings. The number of carbonyl (C=O) groups is 1.